The Morgan fingerprint density at radius 3 is 2.86 bits per heavy atom. The summed E-state index contributed by atoms with van der Waals surface area (Å²) in [5.41, 5.74) is 6.57. The van der Waals surface area contributed by atoms with E-state index in [-0.39, 0.29) is 0 Å². The summed E-state index contributed by atoms with van der Waals surface area (Å²) in [7, 11) is 0. The average Bonchev–Trinajstić information content (AvgIpc) is 2.74. The van der Waals surface area contributed by atoms with Crippen molar-refractivity contribution < 1.29 is 0 Å². The standard InChI is InChI=1S/C9H9BrN2S2/c10-6-3-8(13-4-6)9-12-7(1-2-11)5-14-9/h3-5H,1-2,11H2. The summed E-state index contributed by atoms with van der Waals surface area (Å²) in [5.74, 6) is 0. The molecular formula is C9H9BrN2S2. The van der Waals surface area contributed by atoms with Crippen LogP contribution in [0.25, 0.3) is 9.88 Å². The highest BCUT2D eigenvalue weighted by molar-refractivity contribution is 9.10. The maximum atomic E-state index is 5.47. The molecule has 0 saturated heterocycles. The lowest BCUT2D eigenvalue weighted by atomic mass is 10.3. The molecule has 2 rings (SSSR count). The molecular weight excluding hydrogens is 280 g/mol. The Hall–Kier alpha value is -0.230. The van der Waals surface area contributed by atoms with Gasteiger partial charge in [0.2, 0.25) is 0 Å². The predicted octanol–water partition coefficient (Wildman–Crippen LogP) is 3.14. The van der Waals surface area contributed by atoms with Crippen molar-refractivity contribution in [3.8, 4) is 9.88 Å². The van der Waals surface area contributed by atoms with Gasteiger partial charge < -0.3 is 5.73 Å². The Balaban J connectivity index is 2.24. The number of thiophene rings is 1. The zero-order valence-electron chi connectivity index (χ0n) is 7.37. The fraction of sp³-hybridized carbons (Fsp3) is 0.222. The van der Waals surface area contributed by atoms with Crippen LogP contribution in [0.1, 0.15) is 5.69 Å². The lowest BCUT2D eigenvalue weighted by Crippen LogP contribution is -2.02. The SMILES string of the molecule is NCCc1csc(-c2cc(Br)cs2)n1. The largest absolute Gasteiger partial charge is 0.330 e. The fourth-order valence-electron chi connectivity index (χ4n) is 1.11. The van der Waals surface area contributed by atoms with Crippen molar-refractivity contribution in [2.24, 2.45) is 5.73 Å². The molecule has 0 aliphatic rings. The van der Waals surface area contributed by atoms with Gasteiger partial charge in [0.1, 0.15) is 5.01 Å². The van der Waals surface area contributed by atoms with E-state index in [1.807, 2.05) is 0 Å². The van der Waals surface area contributed by atoms with Crippen molar-refractivity contribution in [3.05, 3.63) is 27.0 Å². The van der Waals surface area contributed by atoms with Crippen molar-refractivity contribution in [2.45, 2.75) is 6.42 Å². The van der Waals surface area contributed by atoms with E-state index in [1.165, 1.54) is 4.88 Å². The number of hydrogen-bond donors (Lipinski definition) is 1. The third-order valence-corrected chi connectivity index (χ3v) is 4.48. The van der Waals surface area contributed by atoms with E-state index in [4.69, 9.17) is 5.73 Å². The van der Waals surface area contributed by atoms with Crippen LogP contribution in [-0.4, -0.2) is 11.5 Å². The van der Waals surface area contributed by atoms with Crippen molar-refractivity contribution in [1.82, 2.24) is 4.98 Å². The molecule has 0 unspecified atom stereocenters. The molecule has 0 fully saturated rings. The van der Waals surface area contributed by atoms with Crippen molar-refractivity contribution in [2.75, 3.05) is 6.54 Å². The Kier molecular flexibility index (Phi) is 3.33. The molecule has 14 heavy (non-hydrogen) atoms. The van der Waals surface area contributed by atoms with Crippen molar-refractivity contribution in [3.63, 3.8) is 0 Å². The molecule has 5 heteroatoms. The van der Waals surface area contributed by atoms with Gasteiger partial charge in [0.25, 0.3) is 0 Å². The average molecular weight is 289 g/mol. The summed E-state index contributed by atoms with van der Waals surface area (Å²) in [5, 5.41) is 5.24. The molecule has 0 spiro atoms. The Labute approximate surface area is 98.9 Å². The number of hydrogen-bond acceptors (Lipinski definition) is 4. The zero-order valence-corrected chi connectivity index (χ0v) is 10.6. The van der Waals surface area contributed by atoms with Gasteiger partial charge in [0.05, 0.1) is 10.6 Å². The summed E-state index contributed by atoms with van der Waals surface area (Å²) in [4.78, 5) is 5.72. The van der Waals surface area contributed by atoms with Crippen LogP contribution in [0.2, 0.25) is 0 Å². The Morgan fingerprint density at radius 1 is 1.36 bits per heavy atom. The van der Waals surface area contributed by atoms with E-state index in [0.29, 0.717) is 6.54 Å². The van der Waals surface area contributed by atoms with Crippen LogP contribution in [0.3, 0.4) is 0 Å². The molecule has 0 atom stereocenters. The first-order chi connectivity index (χ1) is 6.79. The van der Waals surface area contributed by atoms with Gasteiger partial charge in [-0.3, -0.25) is 0 Å². The molecule has 2 heterocycles. The molecule has 0 amide bonds. The van der Waals surface area contributed by atoms with E-state index in [2.05, 4.69) is 37.7 Å². The van der Waals surface area contributed by atoms with Crippen LogP contribution in [0.5, 0.6) is 0 Å². The highest BCUT2D eigenvalue weighted by atomic mass is 79.9. The van der Waals surface area contributed by atoms with Gasteiger partial charge in [-0.15, -0.1) is 22.7 Å². The van der Waals surface area contributed by atoms with Crippen LogP contribution in [0.4, 0.5) is 0 Å². The van der Waals surface area contributed by atoms with Crippen LogP contribution >= 0.6 is 38.6 Å². The lowest BCUT2D eigenvalue weighted by molar-refractivity contribution is 0.937. The summed E-state index contributed by atoms with van der Waals surface area (Å²) in [6.07, 6.45) is 0.864. The van der Waals surface area contributed by atoms with Crippen molar-refractivity contribution in [1.29, 1.82) is 0 Å². The van der Waals surface area contributed by atoms with Gasteiger partial charge in [-0.05, 0) is 28.5 Å². The van der Waals surface area contributed by atoms with Gasteiger partial charge in [0, 0.05) is 21.7 Å². The number of rotatable bonds is 3. The van der Waals surface area contributed by atoms with Crippen molar-refractivity contribution >= 4 is 38.6 Å². The van der Waals surface area contributed by atoms with Gasteiger partial charge in [0.15, 0.2) is 0 Å². The van der Waals surface area contributed by atoms with Crippen LogP contribution < -0.4 is 5.73 Å². The molecule has 0 saturated carbocycles. The summed E-state index contributed by atoms with van der Waals surface area (Å²) in [6, 6.07) is 2.09. The number of nitrogens with two attached hydrogens (primary N) is 1. The first kappa shape index (κ1) is 10.3. The minimum absolute atomic E-state index is 0.664. The molecule has 2 nitrogen and oxygen atoms in total. The minimum Gasteiger partial charge on any atom is -0.330 e. The topological polar surface area (TPSA) is 38.9 Å². The molecule has 74 valence electrons. The lowest BCUT2D eigenvalue weighted by Gasteiger charge is -1.89. The van der Waals surface area contributed by atoms with Gasteiger partial charge in [-0.25, -0.2) is 4.98 Å². The third kappa shape index (κ3) is 2.23. The van der Waals surface area contributed by atoms with E-state index in [1.54, 1.807) is 22.7 Å². The second-order valence-corrected chi connectivity index (χ2v) is 5.50. The monoisotopic (exact) mass is 288 g/mol. The zero-order chi connectivity index (χ0) is 9.97. The van der Waals surface area contributed by atoms with Gasteiger partial charge >= 0.3 is 0 Å². The summed E-state index contributed by atoms with van der Waals surface area (Å²) >= 11 is 6.82. The van der Waals surface area contributed by atoms with E-state index in [0.717, 1.165) is 21.6 Å². The number of thiazole rings is 1. The molecule has 2 N–H and O–H groups in total. The van der Waals surface area contributed by atoms with Crippen LogP contribution in [0.15, 0.2) is 21.3 Å². The van der Waals surface area contributed by atoms with E-state index < -0.39 is 0 Å². The maximum Gasteiger partial charge on any atom is 0.133 e. The van der Waals surface area contributed by atoms with E-state index >= 15 is 0 Å². The molecule has 0 aromatic carbocycles. The molecule has 0 aliphatic heterocycles. The Bertz CT molecular complexity index is 422. The molecule has 0 radical (unpaired) electrons. The predicted molar refractivity (Wildman–Crippen MR) is 65.9 cm³/mol. The fourth-order valence-corrected chi connectivity index (χ4v) is 3.47. The third-order valence-electron chi connectivity index (χ3n) is 1.73. The molecule has 0 bridgehead atoms. The number of halogens is 1. The molecule has 2 aromatic rings. The summed E-state index contributed by atoms with van der Waals surface area (Å²) in [6.45, 7) is 0.664. The highest BCUT2D eigenvalue weighted by Gasteiger charge is 2.06. The quantitative estimate of drug-likeness (QED) is 0.942. The normalized spacial score (nSPS) is 10.7. The van der Waals surface area contributed by atoms with Gasteiger partial charge in [-0.1, -0.05) is 0 Å². The van der Waals surface area contributed by atoms with Crippen LogP contribution in [-0.2, 0) is 6.42 Å². The smallest absolute Gasteiger partial charge is 0.133 e. The second kappa shape index (κ2) is 4.53. The number of aromatic nitrogens is 1. The van der Waals surface area contributed by atoms with Gasteiger partial charge in [-0.2, -0.15) is 0 Å². The first-order valence-electron chi connectivity index (χ1n) is 4.18. The maximum absolute atomic E-state index is 5.47. The highest BCUT2D eigenvalue weighted by Crippen LogP contribution is 2.31. The van der Waals surface area contributed by atoms with E-state index in [9.17, 15) is 0 Å². The molecule has 0 aliphatic carbocycles. The second-order valence-electron chi connectivity index (χ2n) is 2.81. The summed E-state index contributed by atoms with van der Waals surface area (Å²) < 4.78 is 1.12. The number of nitrogens with zero attached hydrogens (tertiary/aromatic N) is 1. The minimum atomic E-state index is 0.664. The molecule has 2 aromatic heterocycles. The Morgan fingerprint density at radius 2 is 2.21 bits per heavy atom. The van der Waals surface area contributed by atoms with Crippen LogP contribution in [0, 0.1) is 0 Å². The first-order valence-corrected chi connectivity index (χ1v) is 6.73.